The van der Waals surface area contributed by atoms with E-state index in [-0.39, 0.29) is 24.8 Å². The zero-order valence-electron chi connectivity index (χ0n) is 15.6. The maximum Gasteiger partial charge on any atom is 0.217 e. The first-order chi connectivity index (χ1) is 12.1. The molecule has 0 spiro atoms. The summed E-state index contributed by atoms with van der Waals surface area (Å²) in [5.74, 6) is 0.795. The smallest absolute Gasteiger partial charge is 0.217 e. The van der Waals surface area contributed by atoms with Gasteiger partial charge in [-0.25, -0.2) is 4.39 Å². The fourth-order valence-electron chi connectivity index (χ4n) is 2.74. The fraction of sp³-hybridized carbons (Fsp3) is 0.842. The number of carbonyl (C=O) groups excluding carboxylic acids is 1. The van der Waals surface area contributed by atoms with Crippen molar-refractivity contribution in [2.75, 3.05) is 12.4 Å². The van der Waals surface area contributed by atoms with E-state index < -0.39 is 6.04 Å². The highest BCUT2D eigenvalue weighted by molar-refractivity contribution is 14.2. The van der Waals surface area contributed by atoms with Crippen LogP contribution in [0.2, 0.25) is 0 Å². The molecule has 6 heteroatoms. The van der Waals surface area contributed by atoms with Crippen LogP contribution >= 0.6 is 30.1 Å². The number of unbranched alkanes of at least 4 members (excludes halogenated alkanes) is 10. The lowest BCUT2D eigenvalue weighted by Crippen LogP contribution is -2.35. The van der Waals surface area contributed by atoms with E-state index in [1.165, 1.54) is 64.0 Å². The minimum absolute atomic E-state index is 0.0760. The second-order valence-electron chi connectivity index (χ2n) is 6.57. The van der Waals surface area contributed by atoms with Gasteiger partial charge in [0.05, 0.1) is 18.5 Å². The van der Waals surface area contributed by atoms with E-state index in [1.54, 1.807) is 6.08 Å². The van der Waals surface area contributed by atoms with Crippen LogP contribution in [0.5, 0.6) is 0 Å². The van der Waals surface area contributed by atoms with Gasteiger partial charge in [0.1, 0.15) is 0 Å². The van der Waals surface area contributed by atoms with Crippen LogP contribution in [0.1, 0.15) is 84.0 Å². The van der Waals surface area contributed by atoms with E-state index in [0.29, 0.717) is 0 Å². The SMILES string of the molecule is CC(=O)NC(CO)C/C(F)=C\CCCCCCCCCCCCSI. The lowest BCUT2D eigenvalue weighted by Gasteiger charge is -2.13. The molecule has 0 heterocycles. The molecule has 0 aliphatic rings. The van der Waals surface area contributed by atoms with Crippen LogP contribution in [-0.2, 0) is 4.79 Å². The molecule has 148 valence electrons. The number of aliphatic hydroxyl groups is 1. The zero-order chi connectivity index (χ0) is 18.8. The average Bonchev–Trinajstić information content (AvgIpc) is 2.58. The largest absolute Gasteiger partial charge is 0.394 e. The standard InChI is InChI=1S/C19H35FINO2S/c1-17(24)22-19(16-23)15-18(20)13-11-9-7-5-3-2-4-6-8-10-12-14-25-21/h13,19,23H,2-12,14-16H2,1H3,(H,22,24)/b18-13+. The van der Waals surface area contributed by atoms with Gasteiger partial charge >= 0.3 is 0 Å². The van der Waals surface area contributed by atoms with Gasteiger partial charge in [-0.1, -0.05) is 66.4 Å². The maximum atomic E-state index is 13.7. The molecule has 1 unspecified atom stereocenters. The van der Waals surface area contributed by atoms with E-state index in [9.17, 15) is 9.18 Å². The predicted octanol–water partition coefficient (Wildman–Crippen LogP) is 6.10. The average molecular weight is 487 g/mol. The summed E-state index contributed by atoms with van der Waals surface area (Å²) in [5, 5.41) is 11.6. The molecule has 3 nitrogen and oxygen atoms in total. The zero-order valence-corrected chi connectivity index (χ0v) is 18.5. The number of halogens is 2. The lowest BCUT2D eigenvalue weighted by atomic mass is 10.1. The van der Waals surface area contributed by atoms with Crippen LogP contribution in [0, 0.1) is 0 Å². The van der Waals surface area contributed by atoms with Crippen molar-refractivity contribution in [3.8, 4) is 0 Å². The first-order valence-electron chi connectivity index (χ1n) is 9.56. The quantitative estimate of drug-likeness (QED) is 0.193. The number of carbonyl (C=O) groups is 1. The molecular formula is C19H35FINO2S. The summed E-state index contributed by atoms with van der Waals surface area (Å²) >= 11 is 2.36. The van der Waals surface area contributed by atoms with E-state index in [1.807, 2.05) is 8.93 Å². The highest BCUT2D eigenvalue weighted by Gasteiger charge is 2.10. The Morgan fingerprint density at radius 1 is 1.08 bits per heavy atom. The van der Waals surface area contributed by atoms with Gasteiger partial charge in [0.15, 0.2) is 0 Å². The van der Waals surface area contributed by atoms with Crippen molar-refractivity contribution in [2.45, 2.75) is 90.0 Å². The third-order valence-corrected chi connectivity index (χ3v) is 5.87. The predicted molar refractivity (Wildman–Crippen MR) is 116 cm³/mol. The Morgan fingerprint density at radius 3 is 2.08 bits per heavy atom. The Morgan fingerprint density at radius 2 is 1.60 bits per heavy atom. The number of hydrogen-bond donors (Lipinski definition) is 2. The molecular weight excluding hydrogens is 452 g/mol. The third kappa shape index (κ3) is 18.8. The molecule has 0 saturated carbocycles. The van der Waals surface area contributed by atoms with Gasteiger partial charge in [-0.05, 0) is 40.5 Å². The van der Waals surface area contributed by atoms with Crippen molar-refractivity contribution in [3.05, 3.63) is 11.9 Å². The monoisotopic (exact) mass is 487 g/mol. The molecule has 0 aromatic carbocycles. The van der Waals surface area contributed by atoms with Crippen LogP contribution < -0.4 is 5.32 Å². The molecule has 0 saturated heterocycles. The van der Waals surface area contributed by atoms with Crippen molar-refractivity contribution >= 4 is 36.0 Å². The highest BCUT2D eigenvalue weighted by Crippen LogP contribution is 2.16. The second kappa shape index (κ2) is 19.0. The molecule has 0 aromatic rings. The Labute approximate surface area is 169 Å². The van der Waals surface area contributed by atoms with Crippen molar-refractivity contribution in [3.63, 3.8) is 0 Å². The van der Waals surface area contributed by atoms with Gasteiger partial charge in [0.25, 0.3) is 0 Å². The number of rotatable bonds is 17. The van der Waals surface area contributed by atoms with E-state index in [2.05, 4.69) is 26.5 Å². The summed E-state index contributed by atoms with van der Waals surface area (Å²) in [6, 6.07) is -0.519. The Bertz CT molecular complexity index is 356. The minimum Gasteiger partial charge on any atom is -0.394 e. The van der Waals surface area contributed by atoms with Crippen LogP contribution in [0.25, 0.3) is 0 Å². The molecule has 0 bridgehead atoms. The number of hydrogen-bond acceptors (Lipinski definition) is 3. The van der Waals surface area contributed by atoms with E-state index in [4.69, 9.17) is 5.11 Å². The first kappa shape index (κ1) is 25.2. The van der Waals surface area contributed by atoms with Crippen LogP contribution in [-0.4, -0.2) is 29.4 Å². The molecule has 1 amide bonds. The topological polar surface area (TPSA) is 49.3 Å². The van der Waals surface area contributed by atoms with Crippen molar-refractivity contribution in [1.29, 1.82) is 0 Å². The summed E-state index contributed by atoms with van der Waals surface area (Å²) in [6.45, 7) is 1.13. The van der Waals surface area contributed by atoms with Gasteiger partial charge in [-0.15, -0.1) is 0 Å². The van der Waals surface area contributed by atoms with Crippen molar-refractivity contribution in [1.82, 2.24) is 5.32 Å². The summed E-state index contributed by atoms with van der Waals surface area (Å²) < 4.78 is 13.7. The highest BCUT2D eigenvalue weighted by atomic mass is 127. The van der Waals surface area contributed by atoms with Crippen LogP contribution in [0.15, 0.2) is 11.9 Å². The van der Waals surface area contributed by atoms with Gasteiger partial charge in [-0.2, -0.15) is 0 Å². The molecule has 0 aliphatic heterocycles. The van der Waals surface area contributed by atoms with Gasteiger partial charge in [0, 0.05) is 19.1 Å². The van der Waals surface area contributed by atoms with Gasteiger partial charge in [0.2, 0.25) is 5.91 Å². The maximum absolute atomic E-state index is 13.7. The molecule has 2 N–H and O–H groups in total. The summed E-state index contributed by atoms with van der Waals surface area (Å²) in [6.07, 6.45) is 15.2. The molecule has 0 fully saturated rings. The lowest BCUT2D eigenvalue weighted by molar-refractivity contribution is -0.119. The molecule has 25 heavy (non-hydrogen) atoms. The normalized spacial score (nSPS) is 13.0. The summed E-state index contributed by atoms with van der Waals surface area (Å²) in [4.78, 5) is 10.9. The first-order valence-corrected chi connectivity index (χ1v) is 13.1. The van der Waals surface area contributed by atoms with E-state index in [0.717, 1.165) is 19.3 Å². The minimum atomic E-state index is -0.519. The molecule has 0 rings (SSSR count). The van der Waals surface area contributed by atoms with Gasteiger partial charge < -0.3 is 10.4 Å². The number of amides is 1. The number of allylic oxidation sites excluding steroid dienone is 1. The summed E-state index contributed by atoms with van der Waals surface area (Å²) in [7, 11) is 1.91. The number of nitrogens with one attached hydrogen (secondary N) is 1. The van der Waals surface area contributed by atoms with Gasteiger partial charge in [-0.3, -0.25) is 4.79 Å². The Balaban J connectivity index is 3.45. The summed E-state index contributed by atoms with van der Waals surface area (Å²) in [5.41, 5.74) is 0. The molecule has 0 aliphatic carbocycles. The molecule has 0 aromatic heterocycles. The molecule has 1 atom stereocenters. The Kier molecular flexibility index (Phi) is 19.1. The van der Waals surface area contributed by atoms with Crippen LogP contribution in [0.3, 0.4) is 0 Å². The van der Waals surface area contributed by atoms with Crippen molar-refractivity contribution in [2.24, 2.45) is 0 Å². The van der Waals surface area contributed by atoms with E-state index >= 15 is 0 Å². The van der Waals surface area contributed by atoms with Crippen molar-refractivity contribution < 1.29 is 14.3 Å². The second-order valence-corrected chi connectivity index (χ2v) is 9.07. The third-order valence-electron chi connectivity index (χ3n) is 4.11. The Hall–Kier alpha value is 0.180. The van der Waals surface area contributed by atoms with Crippen LogP contribution in [0.4, 0.5) is 4.39 Å². The molecule has 0 radical (unpaired) electrons. The number of aliphatic hydroxyl groups excluding tert-OH is 1. The fourth-order valence-corrected chi connectivity index (χ4v) is 3.99.